The first-order valence-corrected chi connectivity index (χ1v) is 12.5. The van der Waals surface area contributed by atoms with Crippen molar-refractivity contribution in [3.63, 3.8) is 0 Å². The van der Waals surface area contributed by atoms with Crippen molar-refractivity contribution in [2.24, 2.45) is 46.3 Å². The number of fused-ring (bicyclic) bond motifs is 5. The van der Waals surface area contributed by atoms with E-state index in [0.717, 1.165) is 30.3 Å². The Labute approximate surface area is 184 Å². The van der Waals surface area contributed by atoms with Crippen LogP contribution in [0.2, 0.25) is 0 Å². The van der Waals surface area contributed by atoms with Crippen molar-refractivity contribution in [2.45, 2.75) is 92.4 Å². The van der Waals surface area contributed by atoms with Gasteiger partial charge in [0.05, 0.1) is 0 Å². The molecular formula is C28H42O2. The molecule has 3 fully saturated rings. The molecular weight excluding hydrogens is 368 g/mol. The summed E-state index contributed by atoms with van der Waals surface area (Å²) in [6.45, 7) is 16.1. The number of hydrogen-bond donors (Lipinski definition) is 0. The minimum Gasteiger partial charge on any atom is -0.295 e. The maximum Gasteiger partial charge on any atom is 0.159 e. The molecule has 0 aromatic rings. The van der Waals surface area contributed by atoms with Crippen molar-refractivity contribution >= 4 is 11.6 Å². The van der Waals surface area contributed by atoms with Crippen LogP contribution < -0.4 is 0 Å². The first-order chi connectivity index (χ1) is 14.1. The number of Topliss-reactive ketones (excluding diaryl/α,β-unsaturated/α-hetero) is 1. The van der Waals surface area contributed by atoms with Gasteiger partial charge in [-0.25, -0.2) is 0 Å². The Hall–Kier alpha value is -1.18. The van der Waals surface area contributed by atoms with E-state index in [0.29, 0.717) is 41.9 Å². The fraction of sp³-hybridized carbons (Fsp3) is 0.786. The summed E-state index contributed by atoms with van der Waals surface area (Å²) < 4.78 is 0. The molecule has 0 amide bonds. The van der Waals surface area contributed by atoms with Crippen LogP contribution in [-0.2, 0) is 9.59 Å². The van der Waals surface area contributed by atoms with Crippen molar-refractivity contribution in [3.05, 3.63) is 23.8 Å². The van der Waals surface area contributed by atoms with E-state index >= 15 is 0 Å². The molecule has 0 heterocycles. The normalized spacial score (nSPS) is 41.7. The summed E-state index contributed by atoms with van der Waals surface area (Å²) in [7, 11) is 0. The highest BCUT2D eigenvalue weighted by Gasteiger charge is 2.60. The van der Waals surface area contributed by atoms with Crippen molar-refractivity contribution < 1.29 is 9.59 Å². The van der Waals surface area contributed by atoms with Gasteiger partial charge < -0.3 is 0 Å². The zero-order valence-corrected chi connectivity index (χ0v) is 19.9. The lowest BCUT2D eigenvalue weighted by molar-refractivity contribution is -0.131. The summed E-state index contributed by atoms with van der Waals surface area (Å²) in [6.07, 6.45) is 11.5. The molecule has 0 aromatic heterocycles. The fourth-order valence-electron chi connectivity index (χ4n) is 8.27. The molecule has 4 unspecified atom stereocenters. The van der Waals surface area contributed by atoms with Crippen LogP contribution in [-0.4, -0.2) is 11.6 Å². The third-order valence-corrected chi connectivity index (χ3v) is 10.3. The highest BCUT2D eigenvalue weighted by atomic mass is 16.1. The number of ketones is 2. The van der Waals surface area contributed by atoms with Gasteiger partial charge in [0.25, 0.3) is 0 Å². The smallest absolute Gasteiger partial charge is 0.159 e. The molecule has 0 N–H and O–H groups in total. The van der Waals surface area contributed by atoms with Crippen LogP contribution in [0.4, 0.5) is 0 Å². The van der Waals surface area contributed by atoms with E-state index < -0.39 is 0 Å². The molecule has 0 aromatic carbocycles. The van der Waals surface area contributed by atoms with Crippen LogP contribution in [0.25, 0.3) is 0 Å². The summed E-state index contributed by atoms with van der Waals surface area (Å²) >= 11 is 0. The second-order valence-corrected chi connectivity index (χ2v) is 12.0. The largest absolute Gasteiger partial charge is 0.295 e. The monoisotopic (exact) mass is 410 g/mol. The third kappa shape index (κ3) is 3.37. The van der Waals surface area contributed by atoms with Crippen LogP contribution in [0.5, 0.6) is 0 Å². The van der Waals surface area contributed by atoms with Crippen LogP contribution in [0.15, 0.2) is 23.8 Å². The van der Waals surface area contributed by atoms with Gasteiger partial charge in [0.2, 0.25) is 0 Å². The summed E-state index contributed by atoms with van der Waals surface area (Å²) in [5.41, 5.74) is 2.58. The molecule has 166 valence electrons. The van der Waals surface area contributed by atoms with E-state index in [1.165, 1.54) is 37.7 Å². The van der Waals surface area contributed by atoms with E-state index in [2.05, 4.69) is 41.2 Å². The minimum absolute atomic E-state index is 0.0616. The molecule has 0 aliphatic heterocycles. The number of allylic oxidation sites excluding steroid dienone is 2. The Morgan fingerprint density at radius 1 is 1.10 bits per heavy atom. The summed E-state index contributed by atoms with van der Waals surface area (Å²) in [4.78, 5) is 25.2. The third-order valence-electron chi connectivity index (χ3n) is 10.3. The molecule has 2 heteroatoms. The van der Waals surface area contributed by atoms with E-state index in [1.807, 2.05) is 0 Å². The van der Waals surface area contributed by atoms with E-state index in [-0.39, 0.29) is 17.0 Å². The van der Waals surface area contributed by atoms with E-state index in [9.17, 15) is 9.59 Å². The Balaban J connectivity index is 1.54. The Kier molecular flexibility index (Phi) is 5.69. The number of hydrogen-bond acceptors (Lipinski definition) is 2. The van der Waals surface area contributed by atoms with E-state index in [1.54, 1.807) is 6.08 Å². The standard InChI is InChI=1S/C28H42O2/c1-17(2)18(3)7-8-19(4)22-9-10-23-21-16-26(30)25-15-20(29)11-13-28(25,6)24(21)12-14-27(22,23)5/h15,17,19,21-24H,3,7-14,16H2,1-2,4-6H3/t19?,21?,22-,23?,24?,27-,28-/m1/s1. The van der Waals surface area contributed by atoms with Crippen molar-refractivity contribution in [1.29, 1.82) is 0 Å². The van der Waals surface area contributed by atoms with Crippen molar-refractivity contribution in [2.75, 3.05) is 0 Å². The number of carbonyl (C=O) groups excluding carboxylic acids is 2. The van der Waals surface area contributed by atoms with Crippen LogP contribution >= 0.6 is 0 Å². The highest BCUT2D eigenvalue weighted by Crippen LogP contribution is 2.67. The first kappa shape index (κ1) is 22.0. The maximum absolute atomic E-state index is 13.2. The van der Waals surface area contributed by atoms with Crippen LogP contribution in [0.3, 0.4) is 0 Å². The lowest BCUT2D eigenvalue weighted by Gasteiger charge is -2.57. The van der Waals surface area contributed by atoms with Gasteiger partial charge in [-0.3, -0.25) is 9.59 Å². The lowest BCUT2D eigenvalue weighted by Crippen LogP contribution is -2.53. The topological polar surface area (TPSA) is 34.1 Å². The molecule has 0 bridgehead atoms. The van der Waals surface area contributed by atoms with Crippen molar-refractivity contribution in [3.8, 4) is 0 Å². The molecule has 3 saturated carbocycles. The average Bonchev–Trinajstić information content (AvgIpc) is 3.04. The molecule has 0 radical (unpaired) electrons. The van der Waals surface area contributed by atoms with Gasteiger partial charge in [-0.2, -0.15) is 0 Å². The van der Waals surface area contributed by atoms with Gasteiger partial charge in [-0.1, -0.05) is 46.8 Å². The van der Waals surface area contributed by atoms with Gasteiger partial charge in [0, 0.05) is 18.4 Å². The predicted molar refractivity (Wildman–Crippen MR) is 123 cm³/mol. The predicted octanol–water partition coefficient (Wildman–Crippen LogP) is 6.94. The summed E-state index contributed by atoms with van der Waals surface area (Å²) in [5, 5.41) is 0. The molecule has 30 heavy (non-hydrogen) atoms. The van der Waals surface area contributed by atoms with Crippen molar-refractivity contribution in [1.82, 2.24) is 0 Å². The summed E-state index contributed by atoms with van der Waals surface area (Å²) in [5.74, 6) is 4.31. The highest BCUT2D eigenvalue weighted by molar-refractivity contribution is 6.05. The second kappa shape index (κ2) is 7.75. The SMILES string of the molecule is C=C(CCC(C)[C@H]1CCC2C3CC(=O)C4=CC(=O)CC[C@]4(C)C3CC[C@@]21C)C(C)C. The Morgan fingerprint density at radius 2 is 1.83 bits per heavy atom. The van der Waals surface area contributed by atoms with Crippen LogP contribution in [0, 0.1) is 46.3 Å². The molecule has 4 rings (SSSR count). The molecule has 4 aliphatic carbocycles. The fourth-order valence-corrected chi connectivity index (χ4v) is 8.27. The zero-order chi connectivity index (χ0) is 21.8. The maximum atomic E-state index is 13.2. The number of carbonyl (C=O) groups is 2. The minimum atomic E-state index is -0.0616. The second-order valence-electron chi connectivity index (χ2n) is 12.0. The Bertz CT molecular complexity index is 774. The van der Waals surface area contributed by atoms with Gasteiger partial charge in [0.15, 0.2) is 11.6 Å². The molecule has 7 atom stereocenters. The molecule has 0 saturated heterocycles. The Morgan fingerprint density at radius 3 is 2.53 bits per heavy atom. The molecule has 0 spiro atoms. The first-order valence-electron chi connectivity index (χ1n) is 12.5. The number of rotatable bonds is 5. The molecule has 4 aliphatic rings. The van der Waals surface area contributed by atoms with Gasteiger partial charge in [0.1, 0.15) is 0 Å². The quantitative estimate of drug-likeness (QED) is 0.460. The lowest BCUT2D eigenvalue weighted by atomic mass is 9.46. The van der Waals surface area contributed by atoms with E-state index in [4.69, 9.17) is 0 Å². The van der Waals surface area contributed by atoms with Gasteiger partial charge in [-0.05, 0) is 97.4 Å². The summed E-state index contributed by atoms with van der Waals surface area (Å²) in [6, 6.07) is 0. The van der Waals surface area contributed by atoms with Crippen LogP contribution in [0.1, 0.15) is 92.4 Å². The van der Waals surface area contributed by atoms with Gasteiger partial charge >= 0.3 is 0 Å². The average molecular weight is 411 g/mol. The molecule has 2 nitrogen and oxygen atoms in total. The van der Waals surface area contributed by atoms with Gasteiger partial charge in [-0.15, -0.1) is 0 Å². The zero-order valence-electron chi connectivity index (χ0n) is 19.9.